The third-order valence-electron chi connectivity index (χ3n) is 4.09. The van der Waals surface area contributed by atoms with Crippen LogP contribution in [0.4, 0.5) is 0 Å². The molecule has 0 bridgehead atoms. The number of hydrogen-bond acceptors (Lipinski definition) is 2. The molecule has 0 saturated heterocycles. The Labute approximate surface area is 97.5 Å². The first-order chi connectivity index (χ1) is 7.59. The minimum Gasteiger partial charge on any atom is -0.385 e. The highest BCUT2D eigenvalue weighted by Gasteiger charge is 2.40. The van der Waals surface area contributed by atoms with Crippen molar-refractivity contribution in [3.8, 4) is 0 Å². The summed E-state index contributed by atoms with van der Waals surface area (Å²) in [7, 11) is 0. The van der Waals surface area contributed by atoms with Crippen LogP contribution in [-0.4, -0.2) is 11.7 Å². The fourth-order valence-electron chi connectivity index (χ4n) is 2.75. The highest BCUT2D eigenvalue weighted by Crippen LogP contribution is 2.44. The quantitative estimate of drug-likeness (QED) is 0.802. The average Bonchev–Trinajstić information content (AvgIpc) is 2.33. The molecule has 1 aromatic carbocycles. The Bertz CT molecular complexity index is 377. The summed E-state index contributed by atoms with van der Waals surface area (Å²) in [5.41, 5.74) is 7.37. The summed E-state index contributed by atoms with van der Waals surface area (Å²) in [5, 5.41) is 10.8. The number of hydrogen-bond donors (Lipinski definition) is 2. The van der Waals surface area contributed by atoms with Gasteiger partial charge in [0.25, 0.3) is 0 Å². The smallest absolute Gasteiger partial charge is 0.0936 e. The fourth-order valence-corrected chi connectivity index (χ4v) is 2.75. The van der Waals surface area contributed by atoms with Gasteiger partial charge in [-0.1, -0.05) is 38.1 Å². The maximum absolute atomic E-state index is 10.8. The second-order valence-electron chi connectivity index (χ2n) is 5.09. The maximum atomic E-state index is 10.8. The molecule has 2 rings (SSSR count). The lowest BCUT2D eigenvalue weighted by Gasteiger charge is -2.41. The molecule has 0 aromatic heterocycles. The summed E-state index contributed by atoms with van der Waals surface area (Å²) in [5.74, 6) is 0.655. The lowest BCUT2D eigenvalue weighted by Crippen LogP contribution is -2.41. The van der Waals surface area contributed by atoms with Crippen LogP contribution >= 0.6 is 0 Å². The standard InChI is InChI=1S/C14H21NO/c1-10-7-8-14(16,11(2)9-15)13-6-4-3-5-12(10)13/h3-6,10-11,16H,7-9,15H2,1-2H3. The van der Waals surface area contributed by atoms with E-state index in [-0.39, 0.29) is 5.92 Å². The Kier molecular flexibility index (Phi) is 3.04. The van der Waals surface area contributed by atoms with Crippen molar-refractivity contribution in [1.82, 2.24) is 0 Å². The van der Waals surface area contributed by atoms with Crippen molar-refractivity contribution in [2.75, 3.05) is 6.54 Å². The van der Waals surface area contributed by atoms with Gasteiger partial charge in [-0.05, 0) is 36.4 Å². The van der Waals surface area contributed by atoms with Crippen LogP contribution in [0.15, 0.2) is 24.3 Å². The fraction of sp³-hybridized carbons (Fsp3) is 0.571. The van der Waals surface area contributed by atoms with Crippen molar-refractivity contribution in [2.24, 2.45) is 11.7 Å². The highest BCUT2D eigenvalue weighted by molar-refractivity contribution is 5.37. The number of nitrogens with two attached hydrogens (primary N) is 1. The summed E-state index contributed by atoms with van der Waals surface area (Å²) in [6.07, 6.45) is 1.86. The molecule has 0 radical (unpaired) electrons. The molecule has 88 valence electrons. The van der Waals surface area contributed by atoms with E-state index < -0.39 is 5.60 Å². The third-order valence-corrected chi connectivity index (χ3v) is 4.09. The zero-order valence-corrected chi connectivity index (χ0v) is 10.1. The molecule has 1 aliphatic rings. The first-order valence-electron chi connectivity index (χ1n) is 6.11. The highest BCUT2D eigenvalue weighted by atomic mass is 16.3. The maximum Gasteiger partial charge on any atom is 0.0936 e. The largest absolute Gasteiger partial charge is 0.385 e. The SMILES string of the molecule is CC1CCC(O)(C(C)CN)c2ccccc21. The Morgan fingerprint density at radius 1 is 1.50 bits per heavy atom. The molecule has 0 aliphatic heterocycles. The molecule has 0 spiro atoms. The number of fused-ring (bicyclic) bond motifs is 1. The van der Waals surface area contributed by atoms with Crippen LogP contribution in [0.1, 0.15) is 43.7 Å². The van der Waals surface area contributed by atoms with Crippen LogP contribution < -0.4 is 5.73 Å². The second kappa shape index (κ2) is 4.19. The molecule has 0 heterocycles. The normalized spacial score (nSPS) is 30.9. The second-order valence-corrected chi connectivity index (χ2v) is 5.09. The van der Waals surface area contributed by atoms with Gasteiger partial charge >= 0.3 is 0 Å². The molecular formula is C14H21NO. The summed E-state index contributed by atoms with van der Waals surface area (Å²) >= 11 is 0. The molecule has 1 aromatic rings. The number of rotatable bonds is 2. The van der Waals surface area contributed by atoms with Crippen molar-refractivity contribution < 1.29 is 5.11 Å². The van der Waals surface area contributed by atoms with Crippen LogP contribution in [0, 0.1) is 5.92 Å². The van der Waals surface area contributed by atoms with Crippen molar-refractivity contribution in [3.63, 3.8) is 0 Å². The van der Waals surface area contributed by atoms with Gasteiger partial charge in [-0.15, -0.1) is 0 Å². The van der Waals surface area contributed by atoms with Crippen LogP contribution in [0.3, 0.4) is 0 Å². The van der Waals surface area contributed by atoms with Gasteiger partial charge in [0.15, 0.2) is 0 Å². The predicted molar refractivity (Wildman–Crippen MR) is 66.2 cm³/mol. The van der Waals surface area contributed by atoms with E-state index in [0.29, 0.717) is 12.5 Å². The van der Waals surface area contributed by atoms with Crippen molar-refractivity contribution in [1.29, 1.82) is 0 Å². The van der Waals surface area contributed by atoms with E-state index in [1.807, 2.05) is 19.1 Å². The van der Waals surface area contributed by atoms with E-state index in [2.05, 4.69) is 19.1 Å². The van der Waals surface area contributed by atoms with Crippen LogP contribution in [0.5, 0.6) is 0 Å². The Balaban J connectivity index is 2.49. The van der Waals surface area contributed by atoms with E-state index >= 15 is 0 Å². The molecule has 0 saturated carbocycles. The molecule has 16 heavy (non-hydrogen) atoms. The Hall–Kier alpha value is -0.860. The average molecular weight is 219 g/mol. The van der Waals surface area contributed by atoms with Crippen molar-refractivity contribution in [2.45, 2.75) is 38.2 Å². The Morgan fingerprint density at radius 3 is 2.88 bits per heavy atom. The molecule has 0 fully saturated rings. The monoisotopic (exact) mass is 219 g/mol. The summed E-state index contributed by atoms with van der Waals surface area (Å²) < 4.78 is 0. The van der Waals surface area contributed by atoms with Crippen molar-refractivity contribution in [3.05, 3.63) is 35.4 Å². The molecule has 0 amide bonds. The molecule has 3 atom stereocenters. The zero-order valence-electron chi connectivity index (χ0n) is 10.1. The van der Waals surface area contributed by atoms with Gasteiger partial charge < -0.3 is 10.8 Å². The van der Waals surface area contributed by atoms with Crippen LogP contribution in [0.2, 0.25) is 0 Å². The van der Waals surface area contributed by atoms with Gasteiger partial charge in [0.05, 0.1) is 5.60 Å². The Morgan fingerprint density at radius 2 is 2.19 bits per heavy atom. The van der Waals surface area contributed by atoms with E-state index in [0.717, 1.165) is 18.4 Å². The van der Waals surface area contributed by atoms with E-state index in [9.17, 15) is 5.11 Å². The van der Waals surface area contributed by atoms with Crippen molar-refractivity contribution >= 4 is 0 Å². The minimum atomic E-state index is -0.724. The van der Waals surface area contributed by atoms with Crippen LogP contribution in [0.25, 0.3) is 0 Å². The number of benzene rings is 1. The molecule has 3 unspecified atom stereocenters. The van der Waals surface area contributed by atoms with E-state index in [1.54, 1.807) is 0 Å². The topological polar surface area (TPSA) is 46.2 Å². The van der Waals surface area contributed by atoms with Gasteiger partial charge in [0.2, 0.25) is 0 Å². The van der Waals surface area contributed by atoms with Gasteiger partial charge in [-0.3, -0.25) is 0 Å². The van der Waals surface area contributed by atoms with E-state index in [1.165, 1.54) is 5.56 Å². The predicted octanol–water partition coefficient (Wildman–Crippen LogP) is 2.37. The third kappa shape index (κ3) is 1.66. The first kappa shape index (κ1) is 11.6. The summed E-state index contributed by atoms with van der Waals surface area (Å²) in [6.45, 7) is 4.79. The first-order valence-corrected chi connectivity index (χ1v) is 6.11. The lowest BCUT2D eigenvalue weighted by atomic mass is 9.69. The molecular weight excluding hydrogens is 198 g/mol. The minimum absolute atomic E-state index is 0.112. The zero-order chi connectivity index (χ0) is 11.8. The van der Waals surface area contributed by atoms with Gasteiger partial charge in [-0.2, -0.15) is 0 Å². The summed E-state index contributed by atoms with van der Waals surface area (Å²) in [4.78, 5) is 0. The molecule has 1 aliphatic carbocycles. The summed E-state index contributed by atoms with van der Waals surface area (Å²) in [6, 6.07) is 8.24. The van der Waals surface area contributed by atoms with Gasteiger partial charge in [-0.25, -0.2) is 0 Å². The lowest BCUT2D eigenvalue weighted by molar-refractivity contribution is -0.0319. The van der Waals surface area contributed by atoms with Crippen LogP contribution in [-0.2, 0) is 5.60 Å². The molecule has 2 heteroatoms. The molecule has 2 nitrogen and oxygen atoms in total. The van der Waals surface area contributed by atoms with Gasteiger partial charge in [0.1, 0.15) is 0 Å². The molecule has 3 N–H and O–H groups in total. The van der Waals surface area contributed by atoms with E-state index in [4.69, 9.17) is 5.73 Å². The van der Waals surface area contributed by atoms with Gasteiger partial charge in [0, 0.05) is 5.92 Å². The number of aliphatic hydroxyl groups is 1.